The van der Waals surface area contributed by atoms with Gasteiger partial charge in [0.2, 0.25) is 5.90 Å². The van der Waals surface area contributed by atoms with E-state index >= 15 is 0 Å². The molecule has 54 valence electrons. The predicted molar refractivity (Wildman–Crippen MR) is 38.4 cm³/mol. The molecule has 0 amide bonds. The Kier molecular flexibility index (Phi) is 3.84. The van der Waals surface area contributed by atoms with Crippen LogP contribution in [0.5, 0.6) is 0 Å². The molecule has 1 N–H and O–H groups in total. The maximum Gasteiger partial charge on any atom is 0.202 e. The topological polar surface area (TPSA) is 33.6 Å². The Morgan fingerprint density at radius 2 is 2.11 bits per heavy atom. The van der Waals surface area contributed by atoms with Crippen molar-refractivity contribution in [3.8, 4) is 0 Å². The molecule has 3 nitrogen and oxygen atoms in total. The Bertz CT molecular complexity index is 99.2. The van der Waals surface area contributed by atoms with Crippen LogP contribution >= 0.6 is 0 Å². The fourth-order valence-electron chi connectivity index (χ4n) is 0.525. The zero-order valence-corrected chi connectivity index (χ0v) is 6.43. The van der Waals surface area contributed by atoms with E-state index in [2.05, 4.69) is 10.5 Å². The predicted octanol–water partition coefficient (Wildman–Crippen LogP) is 0.964. The van der Waals surface area contributed by atoms with Gasteiger partial charge in [-0.2, -0.15) is 0 Å². The van der Waals surface area contributed by atoms with Crippen molar-refractivity contribution in [1.82, 2.24) is 5.43 Å². The van der Waals surface area contributed by atoms with Gasteiger partial charge < -0.3 is 10.2 Å². The lowest BCUT2D eigenvalue weighted by atomic mass is 10.5. The maximum absolute atomic E-state index is 5.18. The summed E-state index contributed by atoms with van der Waals surface area (Å²) in [4.78, 5) is 0. The van der Waals surface area contributed by atoms with Crippen molar-refractivity contribution in [2.45, 2.75) is 26.9 Å². The van der Waals surface area contributed by atoms with Crippen molar-refractivity contribution >= 4 is 5.90 Å². The quantitative estimate of drug-likeness (QED) is 0.343. The first-order valence-corrected chi connectivity index (χ1v) is 3.04. The highest BCUT2D eigenvalue weighted by atomic mass is 16.5. The van der Waals surface area contributed by atoms with Gasteiger partial charge in [-0.3, -0.25) is 0 Å². The zero-order chi connectivity index (χ0) is 7.28. The largest absolute Gasteiger partial charge is 0.477 e. The highest BCUT2D eigenvalue weighted by Gasteiger charge is 1.93. The highest BCUT2D eigenvalue weighted by molar-refractivity contribution is 5.72. The lowest BCUT2D eigenvalue weighted by Gasteiger charge is -2.07. The molecule has 0 fully saturated rings. The molecular formula is C6H14N2O. The Balaban J connectivity index is 3.49. The molecule has 0 aliphatic heterocycles. The summed E-state index contributed by atoms with van der Waals surface area (Å²) < 4.78 is 5.18. The molecule has 0 spiro atoms. The van der Waals surface area contributed by atoms with Gasteiger partial charge in [0.05, 0.1) is 6.10 Å². The van der Waals surface area contributed by atoms with Gasteiger partial charge >= 0.3 is 0 Å². The van der Waals surface area contributed by atoms with E-state index < -0.39 is 0 Å². The first-order chi connectivity index (χ1) is 4.16. The third-order valence-corrected chi connectivity index (χ3v) is 0.676. The zero-order valence-electron chi connectivity index (χ0n) is 6.43. The van der Waals surface area contributed by atoms with Gasteiger partial charge in [-0.05, 0) is 13.8 Å². The van der Waals surface area contributed by atoms with Crippen LogP contribution in [0.15, 0.2) is 5.10 Å². The minimum absolute atomic E-state index is 0.210. The van der Waals surface area contributed by atoms with Crippen LogP contribution in [0.2, 0.25) is 0 Å². The molecule has 0 aliphatic carbocycles. The van der Waals surface area contributed by atoms with Crippen molar-refractivity contribution in [3.05, 3.63) is 0 Å². The first-order valence-electron chi connectivity index (χ1n) is 3.04. The number of nitrogens with zero attached hydrogens (tertiary/aromatic N) is 1. The summed E-state index contributed by atoms with van der Waals surface area (Å²) in [6.45, 7) is 5.75. The third kappa shape index (κ3) is 5.14. The van der Waals surface area contributed by atoms with Crippen molar-refractivity contribution < 1.29 is 4.74 Å². The number of hydrazone groups is 1. The molecule has 0 radical (unpaired) electrons. The summed E-state index contributed by atoms with van der Waals surface area (Å²) in [5.41, 5.74) is 2.64. The highest BCUT2D eigenvalue weighted by Crippen LogP contribution is 1.88. The summed E-state index contributed by atoms with van der Waals surface area (Å²) in [5.74, 6) is 0.674. The second-order valence-corrected chi connectivity index (χ2v) is 2.02. The second kappa shape index (κ2) is 4.18. The van der Waals surface area contributed by atoms with E-state index in [4.69, 9.17) is 4.74 Å². The van der Waals surface area contributed by atoms with E-state index in [-0.39, 0.29) is 6.10 Å². The first kappa shape index (κ1) is 8.27. The van der Waals surface area contributed by atoms with Crippen molar-refractivity contribution in [3.63, 3.8) is 0 Å². The second-order valence-electron chi connectivity index (χ2n) is 2.02. The van der Waals surface area contributed by atoms with Crippen LogP contribution in [0.25, 0.3) is 0 Å². The summed E-state index contributed by atoms with van der Waals surface area (Å²) in [7, 11) is 1.74. The molecule has 3 heteroatoms. The van der Waals surface area contributed by atoms with E-state index in [1.165, 1.54) is 0 Å². The number of rotatable bonds is 2. The molecule has 0 bridgehead atoms. The Morgan fingerprint density at radius 3 is 2.44 bits per heavy atom. The van der Waals surface area contributed by atoms with Gasteiger partial charge in [0.1, 0.15) is 0 Å². The summed E-state index contributed by atoms with van der Waals surface area (Å²) in [6.07, 6.45) is 0.210. The lowest BCUT2D eigenvalue weighted by Crippen LogP contribution is -2.11. The Labute approximate surface area is 56.1 Å². The van der Waals surface area contributed by atoms with E-state index in [9.17, 15) is 0 Å². The average molecular weight is 130 g/mol. The van der Waals surface area contributed by atoms with Crippen molar-refractivity contribution in [2.24, 2.45) is 5.10 Å². The molecule has 9 heavy (non-hydrogen) atoms. The molecule has 0 aromatic heterocycles. The number of ether oxygens (including phenoxy) is 1. The van der Waals surface area contributed by atoms with Gasteiger partial charge in [-0.1, -0.05) is 0 Å². The smallest absolute Gasteiger partial charge is 0.202 e. The van der Waals surface area contributed by atoms with E-state index in [0.717, 1.165) is 0 Å². The summed E-state index contributed by atoms with van der Waals surface area (Å²) in [6, 6.07) is 0. The molecule has 0 heterocycles. The Hall–Kier alpha value is -0.730. The fraction of sp³-hybridized carbons (Fsp3) is 0.833. The fourth-order valence-corrected chi connectivity index (χ4v) is 0.525. The minimum Gasteiger partial charge on any atom is -0.477 e. The third-order valence-electron chi connectivity index (χ3n) is 0.676. The lowest BCUT2D eigenvalue weighted by molar-refractivity contribution is 0.224. The van der Waals surface area contributed by atoms with Crippen molar-refractivity contribution in [2.75, 3.05) is 7.05 Å². The standard InChI is InChI=1S/C6H14N2O/c1-5(2)9-6(3)8-7-4/h5,7H,1-4H3/b8-6-. The van der Waals surface area contributed by atoms with Crippen molar-refractivity contribution in [1.29, 1.82) is 0 Å². The number of hydrogen-bond donors (Lipinski definition) is 1. The SMILES string of the molecule is CN/N=C(/C)OC(C)C. The summed E-state index contributed by atoms with van der Waals surface area (Å²) in [5, 5.41) is 3.81. The van der Waals surface area contributed by atoms with Gasteiger partial charge in [0.15, 0.2) is 0 Å². The van der Waals surface area contributed by atoms with Crippen LogP contribution in [0.1, 0.15) is 20.8 Å². The molecule has 0 aliphatic rings. The molecule has 0 unspecified atom stereocenters. The summed E-state index contributed by atoms with van der Waals surface area (Å²) >= 11 is 0. The number of hydrogen-bond acceptors (Lipinski definition) is 3. The minimum atomic E-state index is 0.210. The van der Waals surface area contributed by atoms with Crippen LogP contribution in [-0.2, 0) is 4.74 Å². The molecule has 0 saturated heterocycles. The molecule has 0 atom stereocenters. The molecular weight excluding hydrogens is 116 g/mol. The van der Waals surface area contributed by atoms with E-state index in [1.807, 2.05) is 20.8 Å². The average Bonchev–Trinajstić information content (AvgIpc) is 1.63. The van der Waals surface area contributed by atoms with Crippen LogP contribution in [-0.4, -0.2) is 19.0 Å². The normalized spacial score (nSPS) is 11.9. The number of nitrogens with one attached hydrogen (secondary N) is 1. The molecule has 0 aromatic rings. The van der Waals surface area contributed by atoms with Crippen LogP contribution in [0.4, 0.5) is 0 Å². The molecule has 0 aromatic carbocycles. The van der Waals surface area contributed by atoms with Gasteiger partial charge in [-0.15, -0.1) is 5.10 Å². The monoisotopic (exact) mass is 130 g/mol. The van der Waals surface area contributed by atoms with Crippen LogP contribution < -0.4 is 5.43 Å². The molecule has 0 saturated carbocycles. The van der Waals surface area contributed by atoms with Gasteiger partial charge in [0, 0.05) is 14.0 Å². The Morgan fingerprint density at radius 1 is 1.56 bits per heavy atom. The van der Waals surface area contributed by atoms with Gasteiger partial charge in [-0.25, -0.2) is 0 Å². The van der Waals surface area contributed by atoms with Crippen LogP contribution in [0, 0.1) is 0 Å². The van der Waals surface area contributed by atoms with E-state index in [1.54, 1.807) is 7.05 Å². The van der Waals surface area contributed by atoms with E-state index in [0.29, 0.717) is 5.90 Å². The maximum atomic E-state index is 5.18. The molecule has 0 rings (SSSR count). The van der Waals surface area contributed by atoms with Crippen LogP contribution in [0.3, 0.4) is 0 Å². The van der Waals surface area contributed by atoms with Gasteiger partial charge in [0.25, 0.3) is 0 Å².